The van der Waals surface area contributed by atoms with Crippen molar-refractivity contribution in [3.63, 3.8) is 0 Å². The minimum atomic E-state index is -0.842. The van der Waals surface area contributed by atoms with Gasteiger partial charge in [0, 0.05) is 12.1 Å². The number of hydrogen-bond donors (Lipinski definition) is 1. The number of amides is 1. The number of rotatable bonds is 9. The summed E-state index contributed by atoms with van der Waals surface area (Å²) >= 11 is 0. The molecule has 2 aromatic rings. The summed E-state index contributed by atoms with van der Waals surface area (Å²) in [5.74, 6) is -0.918. The third-order valence-corrected chi connectivity index (χ3v) is 3.82. The van der Waals surface area contributed by atoms with Crippen molar-refractivity contribution in [2.24, 2.45) is 0 Å². The van der Waals surface area contributed by atoms with Crippen molar-refractivity contribution in [3.8, 4) is 11.5 Å². The second kappa shape index (κ2) is 9.96. The second-order valence-electron chi connectivity index (χ2n) is 5.54. The highest BCUT2D eigenvalue weighted by Gasteiger charge is 2.23. The third-order valence-electron chi connectivity index (χ3n) is 3.82. The van der Waals surface area contributed by atoms with Gasteiger partial charge in [0.2, 0.25) is 0 Å². The van der Waals surface area contributed by atoms with Crippen LogP contribution < -0.4 is 14.8 Å². The van der Waals surface area contributed by atoms with E-state index in [4.69, 9.17) is 14.2 Å². The third kappa shape index (κ3) is 5.31. The van der Waals surface area contributed by atoms with Gasteiger partial charge in [-0.25, -0.2) is 4.79 Å². The van der Waals surface area contributed by atoms with Gasteiger partial charge in [0.1, 0.15) is 5.56 Å². The van der Waals surface area contributed by atoms with Crippen LogP contribution in [0.2, 0.25) is 0 Å². The largest absolute Gasteiger partial charge is 0.493 e. The first-order valence-electron chi connectivity index (χ1n) is 8.28. The number of methoxy groups -OCH3 is 2. The van der Waals surface area contributed by atoms with Crippen molar-refractivity contribution < 1.29 is 28.6 Å². The molecule has 7 heteroatoms. The molecule has 0 aromatic heterocycles. The Morgan fingerprint density at radius 1 is 1.04 bits per heavy atom. The number of nitrogens with one attached hydrogen (secondary N) is 1. The first kappa shape index (κ1) is 20.0. The standard InChI is InChI=1S/C20H21NO6/c1-25-16-9-8-15(12-22)18(19(16)26-2)20(24)27-13-17(23)21-11-10-14-6-4-3-5-7-14/h3-9,12H,10-11,13H2,1-2H3,(H,21,23). The molecule has 1 N–H and O–H groups in total. The summed E-state index contributed by atoms with van der Waals surface area (Å²) in [7, 11) is 2.76. The normalized spacial score (nSPS) is 10.0. The molecule has 0 atom stereocenters. The lowest BCUT2D eigenvalue weighted by Gasteiger charge is -2.14. The van der Waals surface area contributed by atoms with Crippen molar-refractivity contribution in [3.05, 3.63) is 59.2 Å². The highest BCUT2D eigenvalue weighted by molar-refractivity contribution is 6.02. The lowest BCUT2D eigenvalue weighted by atomic mass is 10.1. The Bertz CT molecular complexity index is 804. The van der Waals surface area contributed by atoms with E-state index in [9.17, 15) is 14.4 Å². The van der Waals surface area contributed by atoms with E-state index in [0.29, 0.717) is 19.3 Å². The van der Waals surface area contributed by atoms with Gasteiger partial charge in [0.15, 0.2) is 24.4 Å². The predicted molar refractivity (Wildman–Crippen MR) is 98.4 cm³/mol. The molecule has 0 aliphatic heterocycles. The van der Waals surface area contributed by atoms with E-state index in [-0.39, 0.29) is 22.6 Å². The van der Waals surface area contributed by atoms with E-state index in [0.717, 1.165) is 5.56 Å². The van der Waals surface area contributed by atoms with E-state index in [1.807, 2.05) is 30.3 Å². The Balaban J connectivity index is 1.95. The summed E-state index contributed by atoms with van der Waals surface area (Å²) in [6.07, 6.45) is 1.18. The van der Waals surface area contributed by atoms with Crippen LogP contribution in [-0.2, 0) is 16.0 Å². The van der Waals surface area contributed by atoms with E-state index in [1.54, 1.807) is 0 Å². The molecule has 0 spiro atoms. The number of aldehydes is 1. The van der Waals surface area contributed by atoms with Crippen LogP contribution in [0.5, 0.6) is 11.5 Å². The number of carbonyl (C=O) groups excluding carboxylic acids is 3. The molecule has 1 amide bonds. The molecule has 27 heavy (non-hydrogen) atoms. The van der Waals surface area contributed by atoms with Crippen molar-refractivity contribution in [1.82, 2.24) is 5.32 Å². The predicted octanol–water partition coefficient (Wildman–Crippen LogP) is 2.03. The topological polar surface area (TPSA) is 90.9 Å². The Morgan fingerprint density at radius 3 is 2.41 bits per heavy atom. The van der Waals surface area contributed by atoms with Crippen LogP contribution in [0.15, 0.2) is 42.5 Å². The number of carbonyl (C=O) groups is 3. The van der Waals surface area contributed by atoms with Crippen molar-refractivity contribution in [2.45, 2.75) is 6.42 Å². The monoisotopic (exact) mass is 371 g/mol. The van der Waals surface area contributed by atoms with Gasteiger partial charge >= 0.3 is 5.97 Å². The molecule has 2 aromatic carbocycles. The highest BCUT2D eigenvalue weighted by atomic mass is 16.5. The molecular formula is C20H21NO6. The van der Waals surface area contributed by atoms with Gasteiger partial charge in [-0.05, 0) is 24.1 Å². The number of ether oxygens (including phenoxy) is 3. The van der Waals surface area contributed by atoms with Gasteiger partial charge in [-0.2, -0.15) is 0 Å². The first-order chi connectivity index (χ1) is 13.1. The SMILES string of the molecule is COc1ccc(C=O)c(C(=O)OCC(=O)NCCc2ccccc2)c1OC. The van der Waals surface area contributed by atoms with Crippen molar-refractivity contribution in [2.75, 3.05) is 27.4 Å². The molecule has 2 rings (SSSR count). The summed E-state index contributed by atoms with van der Waals surface area (Å²) in [5.41, 5.74) is 1.10. The molecular weight excluding hydrogens is 350 g/mol. The summed E-state index contributed by atoms with van der Waals surface area (Å²) in [6.45, 7) is -0.0469. The van der Waals surface area contributed by atoms with Crippen LogP contribution in [0.25, 0.3) is 0 Å². The second-order valence-corrected chi connectivity index (χ2v) is 5.54. The van der Waals surface area contributed by atoms with Crippen molar-refractivity contribution in [1.29, 1.82) is 0 Å². The zero-order chi connectivity index (χ0) is 19.6. The number of esters is 1. The number of hydrogen-bond acceptors (Lipinski definition) is 6. The molecule has 0 aliphatic rings. The summed E-state index contributed by atoms with van der Waals surface area (Å²) < 4.78 is 15.3. The minimum absolute atomic E-state index is 0.0797. The van der Waals surface area contributed by atoms with Gasteiger partial charge < -0.3 is 19.5 Å². The van der Waals surface area contributed by atoms with Crippen molar-refractivity contribution >= 4 is 18.2 Å². The fourth-order valence-corrected chi connectivity index (χ4v) is 2.50. The molecule has 0 aliphatic carbocycles. The smallest absolute Gasteiger partial charge is 0.343 e. The zero-order valence-electron chi connectivity index (χ0n) is 15.2. The maximum Gasteiger partial charge on any atom is 0.343 e. The van der Waals surface area contributed by atoms with Gasteiger partial charge in [0.05, 0.1) is 14.2 Å². The zero-order valence-corrected chi connectivity index (χ0v) is 15.2. The summed E-state index contributed by atoms with van der Waals surface area (Å²) in [5, 5.41) is 2.68. The van der Waals surface area contributed by atoms with Crippen LogP contribution in [0.1, 0.15) is 26.3 Å². The quantitative estimate of drug-likeness (QED) is 0.536. The fraction of sp³-hybridized carbons (Fsp3) is 0.250. The molecule has 0 saturated carbocycles. The lowest BCUT2D eigenvalue weighted by Crippen LogP contribution is -2.30. The average Bonchev–Trinajstić information content (AvgIpc) is 2.71. The lowest BCUT2D eigenvalue weighted by molar-refractivity contribution is -0.124. The molecule has 0 heterocycles. The van der Waals surface area contributed by atoms with Crippen LogP contribution in [0, 0.1) is 0 Å². The molecule has 0 saturated heterocycles. The molecule has 0 bridgehead atoms. The van der Waals surface area contributed by atoms with Gasteiger partial charge in [0.25, 0.3) is 5.91 Å². The Labute approximate surface area is 157 Å². The fourth-order valence-electron chi connectivity index (χ4n) is 2.50. The van der Waals surface area contributed by atoms with Gasteiger partial charge in [-0.3, -0.25) is 9.59 Å². The number of benzene rings is 2. The molecule has 0 unspecified atom stereocenters. The molecule has 0 radical (unpaired) electrons. The maximum absolute atomic E-state index is 12.4. The average molecular weight is 371 g/mol. The van der Waals surface area contributed by atoms with E-state index in [1.165, 1.54) is 26.4 Å². The van der Waals surface area contributed by atoms with Gasteiger partial charge in [-0.15, -0.1) is 0 Å². The Kier molecular flexibility index (Phi) is 7.37. The van der Waals surface area contributed by atoms with E-state index >= 15 is 0 Å². The summed E-state index contributed by atoms with van der Waals surface area (Å²) in [6, 6.07) is 12.6. The summed E-state index contributed by atoms with van der Waals surface area (Å²) in [4.78, 5) is 35.5. The Morgan fingerprint density at radius 2 is 1.78 bits per heavy atom. The van der Waals surface area contributed by atoms with E-state index < -0.39 is 18.5 Å². The molecule has 0 fully saturated rings. The first-order valence-corrected chi connectivity index (χ1v) is 8.28. The van der Waals surface area contributed by atoms with Gasteiger partial charge in [-0.1, -0.05) is 30.3 Å². The highest BCUT2D eigenvalue weighted by Crippen LogP contribution is 2.33. The van der Waals surface area contributed by atoms with Crippen LogP contribution in [0.3, 0.4) is 0 Å². The van der Waals surface area contributed by atoms with Crippen LogP contribution >= 0.6 is 0 Å². The Hall–Kier alpha value is -3.35. The van der Waals surface area contributed by atoms with E-state index in [2.05, 4.69) is 5.32 Å². The van der Waals surface area contributed by atoms with Crippen LogP contribution in [0.4, 0.5) is 0 Å². The van der Waals surface area contributed by atoms with Crippen LogP contribution in [-0.4, -0.2) is 45.5 Å². The molecule has 7 nitrogen and oxygen atoms in total. The maximum atomic E-state index is 12.4. The molecule has 142 valence electrons. The minimum Gasteiger partial charge on any atom is -0.493 e.